The van der Waals surface area contributed by atoms with Crippen molar-refractivity contribution in [2.24, 2.45) is 0 Å². The second-order valence-corrected chi connectivity index (χ2v) is 13.1. The molecule has 0 N–H and O–H groups in total. The van der Waals surface area contributed by atoms with Crippen molar-refractivity contribution in [1.29, 1.82) is 0 Å². The zero-order valence-electron chi connectivity index (χ0n) is 22.9. The maximum absolute atomic E-state index is 13.2. The first kappa shape index (κ1) is 31.2. The normalized spacial score (nSPS) is 12.9. The second kappa shape index (κ2) is 10.9. The molecule has 0 spiro atoms. The lowest BCUT2D eigenvalue weighted by Gasteiger charge is -2.19. The zero-order valence-corrected chi connectivity index (χ0v) is 24.6. The van der Waals surface area contributed by atoms with Crippen LogP contribution in [0.4, 0.5) is 26.3 Å². The van der Waals surface area contributed by atoms with E-state index >= 15 is 0 Å². The molecule has 0 unspecified atom stereocenters. The highest BCUT2D eigenvalue weighted by atomic mass is 32.2. The Morgan fingerprint density at radius 1 is 0.391 bits per heavy atom. The molecule has 0 aromatic heterocycles. The van der Waals surface area contributed by atoms with E-state index in [0.29, 0.717) is 43.4 Å². The SMILES string of the molecule is O=S(=O)(Oc1ccccc1-c1cc2c3ccccc3c(-c3ccccc3OS(=O)(=O)C(F)(F)F)cc2c2ccccc12)C(F)(F)F. The maximum atomic E-state index is 13.2. The highest BCUT2D eigenvalue weighted by Crippen LogP contribution is 2.45. The van der Waals surface area contributed by atoms with Crippen LogP contribution in [-0.4, -0.2) is 27.9 Å². The molecule has 0 aliphatic heterocycles. The van der Waals surface area contributed by atoms with Gasteiger partial charge in [-0.3, -0.25) is 0 Å². The van der Waals surface area contributed by atoms with Gasteiger partial charge in [0.15, 0.2) is 11.5 Å². The molecule has 6 rings (SSSR count). The van der Waals surface area contributed by atoms with Crippen LogP contribution in [0.2, 0.25) is 0 Å². The third-order valence-electron chi connectivity index (χ3n) is 7.20. The molecular formula is C32H18F6O6S2. The Hall–Kier alpha value is -4.82. The molecule has 0 aliphatic carbocycles. The van der Waals surface area contributed by atoms with Crippen LogP contribution in [0.15, 0.2) is 109 Å². The van der Waals surface area contributed by atoms with Gasteiger partial charge in [0.25, 0.3) is 0 Å². The van der Waals surface area contributed by atoms with Crippen molar-refractivity contribution in [3.63, 3.8) is 0 Å². The summed E-state index contributed by atoms with van der Waals surface area (Å²) in [5, 5.41) is 3.20. The van der Waals surface area contributed by atoms with Crippen molar-refractivity contribution in [3.05, 3.63) is 109 Å². The van der Waals surface area contributed by atoms with Gasteiger partial charge in [-0.15, -0.1) is 0 Å². The van der Waals surface area contributed by atoms with E-state index in [1.165, 1.54) is 36.4 Å². The fraction of sp³-hybridized carbons (Fsp3) is 0.0625. The fourth-order valence-corrected chi connectivity index (χ4v) is 6.20. The summed E-state index contributed by atoms with van der Waals surface area (Å²) in [5.41, 5.74) is -10.5. The molecule has 0 saturated heterocycles. The Balaban J connectivity index is 1.65. The van der Waals surface area contributed by atoms with Crippen LogP contribution >= 0.6 is 0 Å². The molecular weight excluding hydrogens is 658 g/mol. The quantitative estimate of drug-likeness (QED) is 0.0758. The van der Waals surface area contributed by atoms with Gasteiger partial charge >= 0.3 is 31.3 Å². The number of rotatable bonds is 6. The van der Waals surface area contributed by atoms with Gasteiger partial charge < -0.3 is 8.37 Å². The lowest BCUT2D eigenvalue weighted by Crippen LogP contribution is -2.28. The molecule has 0 saturated carbocycles. The standard InChI is InChI=1S/C32H18F6O6S2/c33-31(34,35)45(39,40)43-29-15-7-5-13-23(29)25-17-28-22-12-4-2-10-20(22)26(18-27(28)21-11-3-1-9-19(21)25)24-14-6-8-16-30(24)44-46(41,42)32(36,37)38/h1-18H. The lowest BCUT2D eigenvalue weighted by molar-refractivity contribution is -0.0504. The highest BCUT2D eigenvalue weighted by Gasteiger charge is 2.49. The Morgan fingerprint density at radius 2 is 0.696 bits per heavy atom. The number of benzene rings is 6. The summed E-state index contributed by atoms with van der Waals surface area (Å²) in [6.07, 6.45) is 0. The largest absolute Gasteiger partial charge is 0.534 e. The smallest absolute Gasteiger partial charge is 0.375 e. The summed E-state index contributed by atoms with van der Waals surface area (Å²) in [4.78, 5) is 0. The Bertz CT molecular complexity index is 2220. The number of para-hydroxylation sites is 2. The summed E-state index contributed by atoms with van der Waals surface area (Å²) in [6.45, 7) is 0. The minimum atomic E-state index is -6.00. The minimum absolute atomic E-state index is 0.0534. The molecule has 0 aliphatic rings. The van der Waals surface area contributed by atoms with Crippen LogP contribution in [0.5, 0.6) is 11.5 Å². The minimum Gasteiger partial charge on any atom is -0.375 e. The van der Waals surface area contributed by atoms with Gasteiger partial charge in [0.1, 0.15) is 0 Å². The van der Waals surface area contributed by atoms with Crippen molar-refractivity contribution in [3.8, 4) is 33.8 Å². The molecule has 0 fully saturated rings. The van der Waals surface area contributed by atoms with Crippen LogP contribution in [-0.2, 0) is 20.2 Å². The molecule has 6 aromatic carbocycles. The van der Waals surface area contributed by atoms with Gasteiger partial charge in [0.2, 0.25) is 0 Å². The van der Waals surface area contributed by atoms with Crippen molar-refractivity contribution in [1.82, 2.24) is 0 Å². The Kier molecular flexibility index (Phi) is 7.40. The van der Waals surface area contributed by atoms with E-state index in [9.17, 15) is 43.2 Å². The second-order valence-electron chi connectivity index (χ2n) is 9.99. The van der Waals surface area contributed by atoms with E-state index in [1.807, 2.05) is 0 Å². The van der Waals surface area contributed by atoms with Crippen LogP contribution in [0.3, 0.4) is 0 Å². The van der Waals surface area contributed by atoms with E-state index in [-0.39, 0.29) is 11.1 Å². The van der Waals surface area contributed by atoms with E-state index in [4.69, 9.17) is 0 Å². The summed E-state index contributed by atoms with van der Waals surface area (Å²) < 4.78 is 136. The van der Waals surface area contributed by atoms with Crippen molar-refractivity contribution < 1.29 is 51.5 Å². The third kappa shape index (κ3) is 5.36. The fourth-order valence-electron chi connectivity index (χ4n) is 5.25. The molecule has 236 valence electrons. The summed E-state index contributed by atoms with van der Waals surface area (Å²) in [6, 6.07) is 27.5. The number of hydrogen-bond donors (Lipinski definition) is 0. The number of alkyl halides is 6. The molecule has 0 radical (unpaired) electrons. The zero-order chi connectivity index (χ0) is 33.1. The van der Waals surface area contributed by atoms with E-state index in [1.54, 1.807) is 60.7 Å². The molecule has 6 aromatic rings. The van der Waals surface area contributed by atoms with Gasteiger partial charge in [0.05, 0.1) is 0 Å². The average Bonchev–Trinajstić information content (AvgIpc) is 2.99. The van der Waals surface area contributed by atoms with Gasteiger partial charge in [-0.1, -0.05) is 84.9 Å². The maximum Gasteiger partial charge on any atom is 0.534 e. The van der Waals surface area contributed by atoms with Gasteiger partial charge in [-0.2, -0.15) is 43.2 Å². The third-order valence-corrected chi connectivity index (χ3v) is 9.13. The monoisotopic (exact) mass is 676 g/mol. The summed E-state index contributed by atoms with van der Waals surface area (Å²) >= 11 is 0. The van der Waals surface area contributed by atoms with Gasteiger partial charge in [0, 0.05) is 11.1 Å². The van der Waals surface area contributed by atoms with Crippen molar-refractivity contribution >= 4 is 52.6 Å². The number of fused-ring (bicyclic) bond motifs is 5. The predicted octanol–water partition coefficient (Wildman–Crippen LogP) is 8.94. The van der Waals surface area contributed by atoms with E-state index in [0.717, 1.165) is 12.1 Å². The van der Waals surface area contributed by atoms with Crippen LogP contribution in [0.1, 0.15) is 0 Å². The lowest BCUT2D eigenvalue weighted by atomic mass is 9.87. The summed E-state index contributed by atoms with van der Waals surface area (Å²) in [5.74, 6) is -1.11. The molecule has 14 heteroatoms. The van der Waals surface area contributed by atoms with Crippen molar-refractivity contribution in [2.75, 3.05) is 0 Å². The molecule has 0 bridgehead atoms. The first-order chi connectivity index (χ1) is 21.6. The van der Waals surface area contributed by atoms with Crippen LogP contribution in [0.25, 0.3) is 54.6 Å². The van der Waals surface area contributed by atoms with Gasteiger partial charge in [-0.05, 0) is 67.7 Å². The molecule has 6 nitrogen and oxygen atoms in total. The van der Waals surface area contributed by atoms with Crippen molar-refractivity contribution in [2.45, 2.75) is 11.0 Å². The van der Waals surface area contributed by atoms with E-state index in [2.05, 4.69) is 8.37 Å². The number of hydrogen-bond acceptors (Lipinski definition) is 6. The Morgan fingerprint density at radius 3 is 1.04 bits per heavy atom. The number of halogens is 6. The highest BCUT2D eigenvalue weighted by molar-refractivity contribution is 7.88. The van der Waals surface area contributed by atoms with E-state index < -0.39 is 42.8 Å². The average molecular weight is 677 g/mol. The van der Waals surface area contributed by atoms with Crippen LogP contribution < -0.4 is 8.37 Å². The first-order valence-electron chi connectivity index (χ1n) is 13.2. The predicted molar refractivity (Wildman–Crippen MR) is 161 cm³/mol. The molecule has 0 amide bonds. The molecule has 46 heavy (non-hydrogen) atoms. The van der Waals surface area contributed by atoms with Crippen LogP contribution in [0, 0.1) is 0 Å². The first-order valence-corrected chi connectivity index (χ1v) is 16.0. The topological polar surface area (TPSA) is 86.7 Å². The summed E-state index contributed by atoms with van der Waals surface area (Å²) in [7, 11) is -12.0. The van der Waals surface area contributed by atoms with Gasteiger partial charge in [-0.25, -0.2) is 0 Å². The Labute approximate surface area is 257 Å². The molecule has 0 heterocycles. The molecule has 0 atom stereocenters.